The first-order valence-corrected chi connectivity index (χ1v) is 12.8. The van der Waals surface area contributed by atoms with Crippen LogP contribution in [-0.2, 0) is 17.6 Å². The molecule has 2 amide bonds. The summed E-state index contributed by atoms with van der Waals surface area (Å²) in [4.78, 5) is 25.8. The summed E-state index contributed by atoms with van der Waals surface area (Å²) >= 11 is 0. The number of benzene rings is 3. The predicted molar refractivity (Wildman–Crippen MR) is 148 cm³/mol. The molecule has 0 fully saturated rings. The Labute approximate surface area is 225 Å². The van der Waals surface area contributed by atoms with E-state index in [1.54, 1.807) is 52.1 Å². The molecular formula is C31H38N2O5. The normalized spacial score (nSPS) is 13.6. The van der Waals surface area contributed by atoms with Crippen molar-refractivity contribution in [3.8, 4) is 5.75 Å². The molecule has 0 radical (unpaired) electrons. The van der Waals surface area contributed by atoms with Crippen molar-refractivity contribution < 1.29 is 24.2 Å². The number of ether oxygens (including phenoxy) is 2. The molecule has 7 nitrogen and oxygen atoms in total. The second-order valence-electron chi connectivity index (χ2n) is 10.3. The van der Waals surface area contributed by atoms with Gasteiger partial charge < -0.3 is 25.2 Å². The lowest BCUT2D eigenvalue weighted by Crippen LogP contribution is -2.49. The minimum absolute atomic E-state index is 0.212. The number of carbonyl (C=O) groups excluding carboxylic acids is 2. The van der Waals surface area contributed by atoms with Crippen LogP contribution in [0.5, 0.6) is 5.75 Å². The number of aliphatic hydroxyl groups excluding tert-OH is 1. The summed E-state index contributed by atoms with van der Waals surface area (Å²) in [5.41, 5.74) is 1.77. The van der Waals surface area contributed by atoms with Crippen molar-refractivity contribution in [1.29, 1.82) is 0 Å². The molecule has 38 heavy (non-hydrogen) atoms. The van der Waals surface area contributed by atoms with Gasteiger partial charge in [0.1, 0.15) is 11.4 Å². The first kappa shape index (κ1) is 28.7. The number of hydrogen-bond donors (Lipinski definition) is 3. The highest BCUT2D eigenvalue weighted by atomic mass is 16.6. The highest BCUT2D eigenvalue weighted by molar-refractivity contribution is 5.94. The smallest absolute Gasteiger partial charge is 0.407 e. The average Bonchev–Trinajstić information content (AvgIpc) is 2.88. The van der Waals surface area contributed by atoms with Gasteiger partial charge in [-0.3, -0.25) is 4.79 Å². The summed E-state index contributed by atoms with van der Waals surface area (Å²) in [6, 6.07) is 25.3. The summed E-state index contributed by atoms with van der Waals surface area (Å²) in [5, 5.41) is 17.4. The van der Waals surface area contributed by atoms with Gasteiger partial charge in [0, 0.05) is 11.6 Å². The van der Waals surface area contributed by atoms with Gasteiger partial charge in [-0.1, -0.05) is 66.7 Å². The maximum Gasteiger partial charge on any atom is 0.407 e. The summed E-state index contributed by atoms with van der Waals surface area (Å²) in [5.74, 6) is 0.255. The molecule has 0 heterocycles. The summed E-state index contributed by atoms with van der Waals surface area (Å²) < 4.78 is 10.7. The number of carbonyl (C=O) groups is 2. The lowest BCUT2D eigenvalue weighted by molar-refractivity contribution is 0.0463. The van der Waals surface area contributed by atoms with Gasteiger partial charge in [0.05, 0.1) is 19.3 Å². The van der Waals surface area contributed by atoms with Gasteiger partial charge in [0.25, 0.3) is 5.91 Å². The van der Waals surface area contributed by atoms with Crippen LogP contribution in [0.2, 0.25) is 0 Å². The minimum Gasteiger partial charge on any atom is -0.497 e. The molecule has 0 aliphatic rings. The fourth-order valence-corrected chi connectivity index (χ4v) is 4.19. The van der Waals surface area contributed by atoms with Crippen molar-refractivity contribution in [3.05, 3.63) is 102 Å². The number of alkyl carbamates (subject to hydrolysis) is 1. The maximum atomic E-state index is 13.2. The molecule has 0 bridgehead atoms. The molecule has 3 atom stereocenters. The zero-order chi connectivity index (χ0) is 27.5. The lowest BCUT2D eigenvalue weighted by Gasteiger charge is -2.29. The Hall–Kier alpha value is -3.84. The molecule has 0 aliphatic heterocycles. The van der Waals surface area contributed by atoms with Crippen LogP contribution in [0.3, 0.4) is 0 Å². The van der Waals surface area contributed by atoms with E-state index < -0.39 is 29.9 Å². The van der Waals surface area contributed by atoms with Gasteiger partial charge in [-0.15, -0.1) is 0 Å². The van der Waals surface area contributed by atoms with Gasteiger partial charge in [0.15, 0.2) is 0 Å². The summed E-state index contributed by atoms with van der Waals surface area (Å²) in [6.45, 7) is 5.41. The Morgan fingerprint density at radius 1 is 0.842 bits per heavy atom. The van der Waals surface area contributed by atoms with Crippen molar-refractivity contribution in [2.45, 2.75) is 63.8 Å². The van der Waals surface area contributed by atoms with E-state index in [1.165, 1.54) is 0 Å². The number of hydrogen-bond acceptors (Lipinski definition) is 5. The highest BCUT2D eigenvalue weighted by Gasteiger charge is 2.28. The van der Waals surface area contributed by atoms with E-state index >= 15 is 0 Å². The third-order valence-electron chi connectivity index (χ3n) is 5.98. The van der Waals surface area contributed by atoms with Crippen LogP contribution in [0.25, 0.3) is 0 Å². The van der Waals surface area contributed by atoms with Crippen LogP contribution in [0.4, 0.5) is 4.79 Å². The molecule has 0 saturated carbocycles. The van der Waals surface area contributed by atoms with Crippen LogP contribution in [0, 0.1) is 0 Å². The molecule has 0 unspecified atom stereocenters. The van der Waals surface area contributed by atoms with Gasteiger partial charge in [-0.05, 0) is 69.4 Å². The second kappa shape index (κ2) is 13.6. The third kappa shape index (κ3) is 9.56. The van der Waals surface area contributed by atoms with Crippen molar-refractivity contribution in [1.82, 2.24) is 10.6 Å². The minimum atomic E-state index is -0.951. The van der Waals surface area contributed by atoms with Gasteiger partial charge >= 0.3 is 6.09 Å². The van der Waals surface area contributed by atoms with E-state index in [2.05, 4.69) is 10.6 Å². The van der Waals surface area contributed by atoms with Crippen LogP contribution < -0.4 is 15.4 Å². The van der Waals surface area contributed by atoms with Gasteiger partial charge in [-0.25, -0.2) is 4.79 Å². The quantitative estimate of drug-likeness (QED) is 0.335. The Balaban J connectivity index is 1.81. The average molecular weight is 519 g/mol. The van der Waals surface area contributed by atoms with Crippen molar-refractivity contribution in [2.24, 2.45) is 0 Å². The van der Waals surface area contributed by atoms with Gasteiger partial charge in [0.2, 0.25) is 0 Å². The van der Waals surface area contributed by atoms with E-state index in [0.717, 1.165) is 11.1 Å². The molecular weight excluding hydrogens is 480 g/mol. The summed E-state index contributed by atoms with van der Waals surface area (Å²) in [7, 11) is 1.55. The Morgan fingerprint density at radius 3 is 2.03 bits per heavy atom. The maximum absolute atomic E-state index is 13.2. The third-order valence-corrected chi connectivity index (χ3v) is 5.98. The molecule has 7 heteroatoms. The largest absolute Gasteiger partial charge is 0.497 e. The van der Waals surface area contributed by atoms with E-state index in [4.69, 9.17) is 9.47 Å². The molecule has 3 aromatic carbocycles. The zero-order valence-corrected chi connectivity index (χ0v) is 22.5. The molecule has 0 aliphatic carbocycles. The van der Waals surface area contributed by atoms with Crippen molar-refractivity contribution in [3.63, 3.8) is 0 Å². The number of amides is 2. The second-order valence-corrected chi connectivity index (χ2v) is 10.3. The van der Waals surface area contributed by atoms with E-state index in [1.807, 2.05) is 60.7 Å². The van der Waals surface area contributed by atoms with E-state index in [0.29, 0.717) is 24.2 Å². The molecule has 0 spiro atoms. The van der Waals surface area contributed by atoms with E-state index in [-0.39, 0.29) is 12.3 Å². The molecule has 0 saturated heterocycles. The predicted octanol–water partition coefficient (Wildman–Crippen LogP) is 4.92. The number of methoxy groups -OCH3 is 1. The molecule has 0 aromatic heterocycles. The summed E-state index contributed by atoms with van der Waals surface area (Å²) in [6.07, 6.45) is -0.371. The Bertz CT molecular complexity index is 1160. The van der Waals surface area contributed by atoms with Crippen molar-refractivity contribution >= 4 is 12.0 Å². The first-order chi connectivity index (χ1) is 18.1. The van der Waals surface area contributed by atoms with Crippen LogP contribution >= 0.6 is 0 Å². The SMILES string of the molecule is COc1cccc(C(=O)N[C@@H](Cc2ccccc2)[C@@H](O)C[C@H](Cc2ccccc2)NC(=O)OC(C)(C)C)c1. The Morgan fingerprint density at radius 2 is 1.45 bits per heavy atom. The Kier molecular flexibility index (Phi) is 10.3. The topological polar surface area (TPSA) is 96.9 Å². The zero-order valence-electron chi connectivity index (χ0n) is 22.5. The number of nitrogens with one attached hydrogen (secondary N) is 2. The molecule has 3 rings (SSSR count). The molecule has 3 N–H and O–H groups in total. The lowest BCUT2D eigenvalue weighted by atomic mass is 9.93. The molecule has 3 aromatic rings. The van der Waals surface area contributed by atoms with E-state index in [9.17, 15) is 14.7 Å². The standard InChI is InChI=1S/C31H38N2O5/c1-31(2,3)38-30(36)32-25(18-22-12-7-5-8-13-22)21-28(34)27(19-23-14-9-6-10-15-23)33-29(35)24-16-11-17-26(20-24)37-4/h5-17,20,25,27-28,34H,18-19,21H2,1-4H3,(H,32,36)(H,33,35)/t25-,27-,28-/m0/s1. The monoisotopic (exact) mass is 518 g/mol. The fourth-order valence-electron chi connectivity index (χ4n) is 4.19. The first-order valence-electron chi connectivity index (χ1n) is 12.8. The highest BCUT2D eigenvalue weighted by Crippen LogP contribution is 2.17. The number of aliphatic hydroxyl groups is 1. The van der Waals surface area contributed by atoms with Crippen LogP contribution in [0.1, 0.15) is 48.7 Å². The van der Waals surface area contributed by atoms with Crippen LogP contribution in [0.15, 0.2) is 84.9 Å². The number of rotatable bonds is 11. The van der Waals surface area contributed by atoms with Gasteiger partial charge in [-0.2, -0.15) is 0 Å². The van der Waals surface area contributed by atoms with Crippen LogP contribution in [-0.4, -0.2) is 48.0 Å². The molecule has 202 valence electrons. The van der Waals surface area contributed by atoms with Crippen molar-refractivity contribution in [2.75, 3.05) is 7.11 Å². The fraction of sp³-hybridized carbons (Fsp3) is 0.355.